The van der Waals surface area contributed by atoms with Gasteiger partial charge in [0.25, 0.3) is 5.91 Å². The van der Waals surface area contributed by atoms with Crippen molar-refractivity contribution in [3.63, 3.8) is 0 Å². The van der Waals surface area contributed by atoms with E-state index in [4.69, 9.17) is 9.26 Å². The van der Waals surface area contributed by atoms with Gasteiger partial charge in [0.05, 0.1) is 12.3 Å². The number of amides is 1. The van der Waals surface area contributed by atoms with Crippen molar-refractivity contribution in [1.29, 1.82) is 0 Å². The highest BCUT2D eigenvalue weighted by atomic mass is 16.5. The minimum absolute atomic E-state index is 0.263. The van der Waals surface area contributed by atoms with Crippen LogP contribution in [0.5, 0.6) is 5.75 Å². The average Bonchev–Trinajstić information content (AvgIpc) is 3.02. The van der Waals surface area contributed by atoms with Crippen molar-refractivity contribution in [1.82, 2.24) is 10.1 Å². The van der Waals surface area contributed by atoms with E-state index in [0.29, 0.717) is 18.2 Å². The van der Waals surface area contributed by atoms with Crippen molar-refractivity contribution in [3.8, 4) is 5.75 Å². The topological polar surface area (TPSA) is 89.3 Å². The maximum Gasteiger partial charge on any atom is 0.275 e. The molecule has 7 heteroatoms. The van der Waals surface area contributed by atoms with E-state index in [0.717, 1.165) is 17.1 Å². The van der Waals surface area contributed by atoms with Crippen molar-refractivity contribution < 1.29 is 14.1 Å². The van der Waals surface area contributed by atoms with Gasteiger partial charge in [-0.1, -0.05) is 17.3 Å². The second-order valence-electron chi connectivity index (χ2n) is 5.26. The van der Waals surface area contributed by atoms with Crippen molar-refractivity contribution in [2.24, 2.45) is 0 Å². The summed E-state index contributed by atoms with van der Waals surface area (Å²) in [5.74, 6) is 1.34. The summed E-state index contributed by atoms with van der Waals surface area (Å²) in [6, 6.07) is 12.7. The molecule has 128 valence electrons. The number of para-hydroxylation sites is 2. The number of pyridine rings is 1. The Morgan fingerprint density at radius 2 is 2.08 bits per heavy atom. The summed E-state index contributed by atoms with van der Waals surface area (Å²) in [5, 5.41) is 9.62. The highest BCUT2D eigenvalue weighted by Gasteiger charge is 2.11. The average molecular weight is 338 g/mol. The fourth-order valence-electron chi connectivity index (χ4n) is 2.24. The fraction of sp³-hybridized carbons (Fsp3) is 0.167. The summed E-state index contributed by atoms with van der Waals surface area (Å²) in [6.45, 7) is 4.25. The first-order chi connectivity index (χ1) is 12.2. The highest BCUT2D eigenvalue weighted by molar-refractivity contribution is 6.02. The van der Waals surface area contributed by atoms with E-state index in [1.807, 2.05) is 31.2 Å². The first-order valence-corrected chi connectivity index (χ1v) is 7.85. The smallest absolute Gasteiger partial charge is 0.275 e. The Labute approximate surface area is 145 Å². The zero-order chi connectivity index (χ0) is 17.6. The number of nitrogens with one attached hydrogen (secondary N) is 2. The number of carbonyl (C=O) groups is 1. The van der Waals surface area contributed by atoms with E-state index in [1.165, 1.54) is 0 Å². The summed E-state index contributed by atoms with van der Waals surface area (Å²) in [5.41, 5.74) is 1.80. The molecule has 0 spiro atoms. The molecule has 2 N–H and O–H groups in total. The van der Waals surface area contributed by atoms with Crippen molar-refractivity contribution in [3.05, 3.63) is 60.1 Å². The molecule has 0 saturated heterocycles. The zero-order valence-corrected chi connectivity index (χ0v) is 13.9. The number of nitrogens with zero attached hydrogens (tertiary/aromatic N) is 2. The lowest BCUT2D eigenvalue weighted by molar-refractivity contribution is 0.102. The van der Waals surface area contributed by atoms with Crippen LogP contribution in [0.2, 0.25) is 0 Å². The molecule has 0 bridgehead atoms. The first-order valence-electron chi connectivity index (χ1n) is 7.85. The number of carbonyl (C=O) groups excluding carboxylic acids is 1. The molecule has 1 amide bonds. The Bertz CT molecular complexity index is 876. The van der Waals surface area contributed by atoms with Gasteiger partial charge in [0.15, 0.2) is 5.82 Å². The molecule has 3 aromatic rings. The van der Waals surface area contributed by atoms with Gasteiger partial charge in [0, 0.05) is 18.0 Å². The van der Waals surface area contributed by atoms with E-state index in [-0.39, 0.29) is 11.6 Å². The monoisotopic (exact) mass is 338 g/mol. The lowest BCUT2D eigenvalue weighted by atomic mass is 10.2. The predicted octanol–water partition coefficient (Wildman–Crippen LogP) is 3.77. The van der Waals surface area contributed by atoms with Gasteiger partial charge in [-0.15, -0.1) is 0 Å². The fourth-order valence-corrected chi connectivity index (χ4v) is 2.24. The maximum atomic E-state index is 12.3. The molecule has 2 heterocycles. The van der Waals surface area contributed by atoms with Gasteiger partial charge >= 0.3 is 0 Å². The summed E-state index contributed by atoms with van der Waals surface area (Å²) in [7, 11) is 0. The number of benzene rings is 1. The van der Waals surface area contributed by atoms with Gasteiger partial charge in [-0.3, -0.25) is 9.78 Å². The quantitative estimate of drug-likeness (QED) is 0.711. The molecule has 3 rings (SSSR count). The first kappa shape index (κ1) is 16.5. The molecule has 25 heavy (non-hydrogen) atoms. The lowest BCUT2D eigenvalue weighted by Crippen LogP contribution is -2.14. The SMILES string of the molecule is CCOc1ccccc1Nc1ccnc(C(=O)Nc2cc(C)on2)c1. The lowest BCUT2D eigenvalue weighted by Gasteiger charge is -2.12. The maximum absolute atomic E-state index is 12.3. The van der Waals surface area contributed by atoms with E-state index in [9.17, 15) is 4.79 Å². The number of hydrogen-bond donors (Lipinski definition) is 2. The molecule has 0 aliphatic carbocycles. The Morgan fingerprint density at radius 1 is 1.24 bits per heavy atom. The summed E-state index contributed by atoms with van der Waals surface area (Å²) in [6.07, 6.45) is 1.56. The zero-order valence-electron chi connectivity index (χ0n) is 13.9. The van der Waals surface area contributed by atoms with Crippen LogP contribution in [0.25, 0.3) is 0 Å². The molecule has 0 unspecified atom stereocenters. The second-order valence-corrected chi connectivity index (χ2v) is 5.26. The molecule has 0 fully saturated rings. The third-order valence-corrected chi connectivity index (χ3v) is 3.33. The molecule has 0 atom stereocenters. The van der Waals surface area contributed by atoms with Gasteiger partial charge in [-0.05, 0) is 38.1 Å². The molecular formula is C18H18N4O3. The largest absolute Gasteiger partial charge is 0.492 e. The Morgan fingerprint density at radius 3 is 2.84 bits per heavy atom. The third-order valence-electron chi connectivity index (χ3n) is 3.33. The van der Waals surface area contributed by atoms with Crippen LogP contribution < -0.4 is 15.4 Å². The van der Waals surface area contributed by atoms with E-state index in [2.05, 4.69) is 20.8 Å². The van der Waals surface area contributed by atoms with Gasteiger partial charge in [-0.25, -0.2) is 0 Å². The Balaban J connectivity index is 1.76. The molecule has 0 aliphatic rings. The third kappa shape index (κ3) is 4.14. The molecule has 1 aromatic carbocycles. The number of anilines is 3. The molecular weight excluding hydrogens is 320 g/mol. The number of aryl methyl sites for hydroxylation is 1. The molecule has 2 aromatic heterocycles. The van der Waals surface area contributed by atoms with E-state index >= 15 is 0 Å². The number of ether oxygens (including phenoxy) is 1. The van der Waals surface area contributed by atoms with Crippen LogP contribution in [0, 0.1) is 6.92 Å². The van der Waals surface area contributed by atoms with Crippen LogP contribution in [0.1, 0.15) is 23.2 Å². The van der Waals surface area contributed by atoms with Crippen LogP contribution in [0.4, 0.5) is 17.2 Å². The van der Waals surface area contributed by atoms with Crippen LogP contribution in [-0.2, 0) is 0 Å². The van der Waals surface area contributed by atoms with Gasteiger partial charge in [-0.2, -0.15) is 0 Å². The normalized spacial score (nSPS) is 10.3. The highest BCUT2D eigenvalue weighted by Crippen LogP contribution is 2.27. The number of rotatable bonds is 6. The molecule has 0 saturated carbocycles. The second kappa shape index (κ2) is 7.48. The Kier molecular flexibility index (Phi) is 4.94. The number of hydrogen-bond acceptors (Lipinski definition) is 6. The minimum Gasteiger partial charge on any atom is -0.492 e. The summed E-state index contributed by atoms with van der Waals surface area (Å²) < 4.78 is 10.5. The van der Waals surface area contributed by atoms with Gasteiger partial charge < -0.3 is 19.9 Å². The van der Waals surface area contributed by atoms with Crippen LogP contribution >= 0.6 is 0 Å². The van der Waals surface area contributed by atoms with Crippen molar-refractivity contribution >= 4 is 23.1 Å². The van der Waals surface area contributed by atoms with Gasteiger partial charge in [0.2, 0.25) is 0 Å². The van der Waals surface area contributed by atoms with Crippen LogP contribution in [0.3, 0.4) is 0 Å². The van der Waals surface area contributed by atoms with E-state index < -0.39 is 0 Å². The molecule has 7 nitrogen and oxygen atoms in total. The van der Waals surface area contributed by atoms with Crippen LogP contribution in [-0.4, -0.2) is 22.7 Å². The van der Waals surface area contributed by atoms with Crippen LogP contribution in [0.15, 0.2) is 53.2 Å². The predicted molar refractivity (Wildman–Crippen MR) is 94.3 cm³/mol. The van der Waals surface area contributed by atoms with Gasteiger partial charge in [0.1, 0.15) is 17.2 Å². The van der Waals surface area contributed by atoms with E-state index in [1.54, 1.807) is 31.3 Å². The van der Waals surface area contributed by atoms with Crippen molar-refractivity contribution in [2.75, 3.05) is 17.2 Å². The number of aromatic nitrogens is 2. The Hall–Kier alpha value is -3.35. The summed E-state index contributed by atoms with van der Waals surface area (Å²) in [4.78, 5) is 16.4. The summed E-state index contributed by atoms with van der Waals surface area (Å²) >= 11 is 0. The molecule has 0 aliphatic heterocycles. The van der Waals surface area contributed by atoms with Crippen molar-refractivity contribution in [2.45, 2.75) is 13.8 Å². The minimum atomic E-state index is -0.366. The molecule has 0 radical (unpaired) electrons. The standard InChI is InChI=1S/C18H18N4O3/c1-3-24-16-7-5-4-6-14(16)20-13-8-9-19-15(11-13)18(23)21-17-10-12(2)25-22-17/h4-11H,3H2,1-2H3,(H,19,20)(H,21,22,23).